The lowest BCUT2D eigenvalue weighted by Gasteiger charge is -2.39. The van der Waals surface area contributed by atoms with Gasteiger partial charge in [0.15, 0.2) is 0 Å². The molecule has 0 radical (unpaired) electrons. The summed E-state index contributed by atoms with van der Waals surface area (Å²) >= 11 is 0. The van der Waals surface area contributed by atoms with Gasteiger partial charge in [0.25, 0.3) is 0 Å². The van der Waals surface area contributed by atoms with E-state index in [1.165, 1.54) is 57.9 Å². The summed E-state index contributed by atoms with van der Waals surface area (Å²) in [6.07, 6.45) is 12.0. The molecule has 1 aliphatic heterocycles. The van der Waals surface area contributed by atoms with Gasteiger partial charge in [0.2, 0.25) is 5.91 Å². The van der Waals surface area contributed by atoms with Gasteiger partial charge in [0.05, 0.1) is 0 Å². The van der Waals surface area contributed by atoms with E-state index in [-0.39, 0.29) is 11.4 Å². The SMILES string of the molecule is CN1CCC[C@H](CCC(=O)NCC2(N(C)C)CCCCCC2)C1. The molecule has 1 amide bonds. The van der Waals surface area contributed by atoms with Crippen molar-refractivity contribution in [3.8, 4) is 0 Å². The highest BCUT2D eigenvalue weighted by Crippen LogP contribution is 2.30. The lowest BCUT2D eigenvalue weighted by Crippen LogP contribution is -2.52. The first kappa shape index (κ1) is 18.7. The average Bonchev–Trinajstić information content (AvgIpc) is 2.77. The number of nitrogens with zero attached hydrogens (tertiary/aromatic N) is 2. The maximum Gasteiger partial charge on any atom is 0.220 e. The number of carbonyl (C=O) groups excluding carboxylic acids is 1. The minimum absolute atomic E-state index is 0.178. The van der Waals surface area contributed by atoms with E-state index in [0.717, 1.165) is 19.5 Å². The van der Waals surface area contributed by atoms with Gasteiger partial charge in [-0.05, 0) is 65.7 Å². The first-order valence-electron chi connectivity index (χ1n) is 9.64. The molecule has 1 atom stereocenters. The molecule has 0 aromatic heterocycles. The molecule has 2 fully saturated rings. The minimum Gasteiger partial charge on any atom is -0.354 e. The van der Waals surface area contributed by atoms with Crippen LogP contribution in [-0.4, -0.2) is 62.0 Å². The molecule has 1 aliphatic carbocycles. The van der Waals surface area contributed by atoms with Crippen LogP contribution >= 0.6 is 0 Å². The molecule has 0 bridgehead atoms. The molecule has 4 nitrogen and oxygen atoms in total. The Kier molecular flexibility index (Phi) is 7.35. The smallest absolute Gasteiger partial charge is 0.220 e. The van der Waals surface area contributed by atoms with Gasteiger partial charge in [-0.15, -0.1) is 0 Å². The molecule has 0 aromatic carbocycles. The van der Waals surface area contributed by atoms with Gasteiger partial charge in [0.1, 0.15) is 0 Å². The molecule has 1 saturated carbocycles. The Labute approximate surface area is 143 Å². The summed E-state index contributed by atoms with van der Waals surface area (Å²) in [7, 11) is 6.55. The van der Waals surface area contributed by atoms with Crippen LogP contribution in [0.15, 0.2) is 0 Å². The van der Waals surface area contributed by atoms with Crippen molar-refractivity contribution in [1.29, 1.82) is 0 Å². The summed E-state index contributed by atoms with van der Waals surface area (Å²) < 4.78 is 0. The van der Waals surface area contributed by atoms with Crippen molar-refractivity contribution in [1.82, 2.24) is 15.1 Å². The highest BCUT2D eigenvalue weighted by atomic mass is 16.1. The summed E-state index contributed by atoms with van der Waals surface area (Å²) in [6.45, 7) is 3.20. The van der Waals surface area contributed by atoms with E-state index in [4.69, 9.17) is 0 Å². The van der Waals surface area contributed by atoms with E-state index in [1.54, 1.807) is 0 Å². The highest BCUT2D eigenvalue weighted by Gasteiger charge is 2.33. The lowest BCUT2D eigenvalue weighted by molar-refractivity contribution is -0.122. The molecule has 1 heterocycles. The van der Waals surface area contributed by atoms with Crippen LogP contribution < -0.4 is 5.32 Å². The first-order chi connectivity index (χ1) is 11.0. The summed E-state index contributed by atoms with van der Waals surface area (Å²) in [6, 6.07) is 0. The Morgan fingerprint density at radius 3 is 2.48 bits per heavy atom. The number of rotatable bonds is 6. The molecule has 23 heavy (non-hydrogen) atoms. The van der Waals surface area contributed by atoms with E-state index in [9.17, 15) is 4.79 Å². The van der Waals surface area contributed by atoms with E-state index >= 15 is 0 Å². The number of hydrogen-bond donors (Lipinski definition) is 1. The van der Waals surface area contributed by atoms with Gasteiger partial charge in [0, 0.05) is 25.0 Å². The second-order valence-electron chi connectivity index (χ2n) is 8.12. The van der Waals surface area contributed by atoms with Crippen LogP contribution in [0.1, 0.15) is 64.2 Å². The second kappa shape index (κ2) is 9.03. The van der Waals surface area contributed by atoms with Gasteiger partial charge < -0.3 is 15.1 Å². The Morgan fingerprint density at radius 1 is 1.17 bits per heavy atom. The number of likely N-dealkylation sites (tertiary alicyclic amines) is 1. The molecular weight excluding hydrogens is 286 g/mol. The molecule has 2 rings (SSSR count). The van der Waals surface area contributed by atoms with Crippen LogP contribution in [0.2, 0.25) is 0 Å². The van der Waals surface area contributed by atoms with E-state index in [2.05, 4.69) is 36.3 Å². The Hall–Kier alpha value is -0.610. The Morgan fingerprint density at radius 2 is 1.87 bits per heavy atom. The van der Waals surface area contributed by atoms with Crippen LogP contribution in [0.4, 0.5) is 0 Å². The minimum atomic E-state index is 0.178. The number of carbonyl (C=O) groups is 1. The van der Waals surface area contributed by atoms with Crippen LogP contribution in [-0.2, 0) is 4.79 Å². The van der Waals surface area contributed by atoms with Crippen molar-refractivity contribution >= 4 is 5.91 Å². The Balaban J connectivity index is 1.75. The molecule has 0 spiro atoms. The molecule has 1 N–H and O–H groups in total. The summed E-state index contributed by atoms with van der Waals surface area (Å²) in [5.41, 5.74) is 0.178. The van der Waals surface area contributed by atoms with E-state index in [1.807, 2.05) is 0 Å². The van der Waals surface area contributed by atoms with Crippen LogP contribution in [0.3, 0.4) is 0 Å². The zero-order valence-electron chi connectivity index (χ0n) is 15.6. The zero-order chi connectivity index (χ0) is 16.7. The molecule has 4 heteroatoms. The number of hydrogen-bond acceptors (Lipinski definition) is 3. The predicted molar refractivity (Wildman–Crippen MR) is 96.6 cm³/mol. The van der Waals surface area contributed by atoms with Gasteiger partial charge >= 0.3 is 0 Å². The lowest BCUT2D eigenvalue weighted by atomic mass is 9.88. The van der Waals surface area contributed by atoms with Gasteiger partial charge in [-0.3, -0.25) is 4.79 Å². The second-order valence-corrected chi connectivity index (χ2v) is 8.12. The van der Waals surface area contributed by atoms with E-state index < -0.39 is 0 Å². The fourth-order valence-corrected chi connectivity index (χ4v) is 4.36. The van der Waals surface area contributed by atoms with Crippen LogP contribution in [0.5, 0.6) is 0 Å². The maximum atomic E-state index is 12.3. The zero-order valence-corrected chi connectivity index (χ0v) is 15.6. The van der Waals surface area contributed by atoms with Crippen molar-refractivity contribution < 1.29 is 4.79 Å². The molecule has 134 valence electrons. The van der Waals surface area contributed by atoms with E-state index in [0.29, 0.717) is 12.3 Å². The van der Waals surface area contributed by atoms with Crippen LogP contribution in [0, 0.1) is 5.92 Å². The van der Waals surface area contributed by atoms with Crippen LogP contribution in [0.25, 0.3) is 0 Å². The Bertz CT molecular complexity index is 362. The fraction of sp³-hybridized carbons (Fsp3) is 0.947. The predicted octanol–water partition coefficient (Wildman–Crippen LogP) is 2.88. The third-order valence-corrected chi connectivity index (χ3v) is 6.10. The van der Waals surface area contributed by atoms with Crippen molar-refractivity contribution in [3.05, 3.63) is 0 Å². The normalized spacial score (nSPS) is 26.0. The van der Waals surface area contributed by atoms with Gasteiger partial charge in [-0.2, -0.15) is 0 Å². The van der Waals surface area contributed by atoms with Crippen molar-refractivity contribution in [2.24, 2.45) is 5.92 Å². The third-order valence-electron chi connectivity index (χ3n) is 6.10. The monoisotopic (exact) mass is 323 g/mol. The summed E-state index contributed by atoms with van der Waals surface area (Å²) in [5, 5.41) is 3.26. The summed E-state index contributed by atoms with van der Waals surface area (Å²) in [4.78, 5) is 17.1. The van der Waals surface area contributed by atoms with Gasteiger partial charge in [-0.25, -0.2) is 0 Å². The van der Waals surface area contributed by atoms with Crippen molar-refractivity contribution in [3.63, 3.8) is 0 Å². The number of amides is 1. The first-order valence-corrected chi connectivity index (χ1v) is 9.64. The third kappa shape index (κ3) is 5.75. The summed E-state index contributed by atoms with van der Waals surface area (Å²) in [5.74, 6) is 0.962. The average molecular weight is 324 g/mol. The van der Waals surface area contributed by atoms with Gasteiger partial charge in [-0.1, -0.05) is 25.7 Å². The number of likely N-dealkylation sites (N-methyl/N-ethyl adjacent to an activating group) is 1. The topological polar surface area (TPSA) is 35.6 Å². The number of nitrogens with one attached hydrogen (secondary N) is 1. The highest BCUT2D eigenvalue weighted by molar-refractivity contribution is 5.75. The van der Waals surface area contributed by atoms with Crippen molar-refractivity contribution in [2.45, 2.75) is 69.7 Å². The largest absolute Gasteiger partial charge is 0.354 e. The quantitative estimate of drug-likeness (QED) is 0.764. The molecule has 2 aliphatic rings. The standard InChI is InChI=1S/C19H37N3O/c1-21(2)19(12-6-4-5-7-13-19)16-20-18(23)11-10-17-9-8-14-22(3)15-17/h17H,4-16H2,1-3H3,(H,20,23)/t17-/m1/s1. The molecular formula is C19H37N3O. The van der Waals surface area contributed by atoms with Crippen molar-refractivity contribution in [2.75, 3.05) is 40.8 Å². The fourth-order valence-electron chi connectivity index (χ4n) is 4.36. The molecule has 1 saturated heterocycles. The molecule has 0 unspecified atom stereocenters. The maximum absolute atomic E-state index is 12.3. The molecule has 0 aromatic rings. The number of piperidine rings is 1.